The lowest BCUT2D eigenvalue weighted by molar-refractivity contribution is 0.372. The molecule has 0 spiro atoms. The maximum absolute atomic E-state index is 9.90. The van der Waals surface area contributed by atoms with Gasteiger partial charge in [0.2, 0.25) is 0 Å². The van der Waals surface area contributed by atoms with Crippen molar-refractivity contribution < 1.29 is 9.84 Å². The van der Waals surface area contributed by atoms with Crippen LogP contribution < -0.4 is 10.2 Å². The first-order valence-corrected chi connectivity index (χ1v) is 10.4. The van der Waals surface area contributed by atoms with E-state index in [9.17, 15) is 5.11 Å². The molecule has 0 aliphatic heterocycles. The standard InChI is InChI=1S/C21H17BrN4O2S/c1-28-18-9-14(8-17(22)19(18)27)11-25-26-20-16-10-15(29-21(16)24-12-23-20)7-13-5-3-2-4-6-13/h2-6,8-12,27H,7H2,1H3,(H,23,24,26)/b25-11+. The minimum atomic E-state index is 0.0549. The number of nitrogens with zero attached hydrogens (tertiary/aromatic N) is 3. The van der Waals surface area contributed by atoms with Crippen LogP contribution in [-0.2, 0) is 6.42 Å². The van der Waals surface area contributed by atoms with Crippen LogP contribution in [0.2, 0.25) is 0 Å². The van der Waals surface area contributed by atoms with Crippen molar-refractivity contribution >= 4 is 49.5 Å². The van der Waals surface area contributed by atoms with E-state index in [4.69, 9.17) is 4.74 Å². The molecule has 4 rings (SSSR count). The number of benzene rings is 2. The third-order valence-corrected chi connectivity index (χ3v) is 5.90. The van der Waals surface area contributed by atoms with E-state index < -0.39 is 0 Å². The van der Waals surface area contributed by atoms with Crippen LogP contribution in [0, 0.1) is 0 Å². The maximum atomic E-state index is 9.90. The summed E-state index contributed by atoms with van der Waals surface area (Å²) in [6, 6.07) is 15.9. The lowest BCUT2D eigenvalue weighted by atomic mass is 10.1. The predicted octanol–water partition coefficient (Wildman–Crippen LogP) is 5.20. The van der Waals surface area contributed by atoms with Gasteiger partial charge in [-0.3, -0.25) is 5.43 Å². The number of aromatic nitrogens is 2. The van der Waals surface area contributed by atoms with Gasteiger partial charge in [-0.2, -0.15) is 5.10 Å². The largest absolute Gasteiger partial charge is 0.503 e. The summed E-state index contributed by atoms with van der Waals surface area (Å²) in [5, 5.41) is 15.1. The molecule has 0 saturated heterocycles. The van der Waals surface area contributed by atoms with E-state index in [1.165, 1.54) is 23.9 Å². The summed E-state index contributed by atoms with van der Waals surface area (Å²) in [5.41, 5.74) is 5.01. The zero-order valence-corrected chi connectivity index (χ0v) is 17.9. The summed E-state index contributed by atoms with van der Waals surface area (Å²) in [6.45, 7) is 0. The van der Waals surface area contributed by atoms with Gasteiger partial charge in [0.15, 0.2) is 17.3 Å². The summed E-state index contributed by atoms with van der Waals surface area (Å²) >= 11 is 4.96. The van der Waals surface area contributed by atoms with Crippen molar-refractivity contribution in [3.8, 4) is 11.5 Å². The van der Waals surface area contributed by atoms with E-state index >= 15 is 0 Å². The highest BCUT2D eigenvalue weighted by molar-refractivity contribution is 9.10. The predicted molar refractivity (Wildman–Crippen MR) is 120 cm³/mol. The van der Waals surface area contributed by atoms with Crippen LogP contribution >= 0.6 is 27.3 Å². The summed E-state index contributed by atoms with van der Waals surface area (Å²) < 4.78 is 5.69. The van der Waals surface area contributed by atoms with E-state index in [0.29, 0.717) is 16.0 Å². The van der Waals surface area contributed by atoms with Gasteiger partial charge in [0.05, 0.1) is 23.2 Å². The second-order valence-electron chi connectivity index (χ2n) is 6.24. The molecule has 0 unspecified atom stereocenters. The number of aromatic hydroxyl groups is 1. The van der Waals surface area contributed by atoms with Crippen molar-refractivity contribution in [2.45, 2.75) is 6.42 Å². The fraction of sp³-hybridized carbons (Fsp3) is 0.0952. The first kappa shape index (κ1) is 19.4. The van der Waals surface area contributed by atoms with E-state index in [1.54, 1.807) is 29.7 Å². The molecule has 29 heavy (non-hydrogen) atoms. The quantitative estimate of drug-likeness (QED) is 0.300. The Morgan fingerprint density at radius 1 is 1.21 bits per heavy atom. The number of halogens is 1. The van der Waals surface area contributed by atoms with E-state index in [2.05, 4.69) is 54.6 Å². The normalized spacial score (nSPS) is 11.2. The van der Waals surface area contributed by atoms with Gasteiger partial charge in [-0.25, -0.2) is 9.97 Å². The molecule has 0 aliphatic rings. The Balaban J connectivity index is 1.55. The van der Waals surface area contributed by atoms with E-state index in [0.717, 1.165) is 22.2 Å². The topological polar surface area (TPSA) is 79.6 Å². The van der Waals surface area contributed by atoms with Gasteiger partial charge in [-0.1, -0.05) is 30.3 Å². The number of fused-ring (bicyclic) bond motifs is 1. The highest BCUT2D eigenvalue weighted by Crippen LogP contribution is 2.35. The molecule has 0 amide bonds. The number of phenols is 1. The molecule has 8 heteroatoms. The Morgan fingerprint density at radius 3 is 2.83 bits per heavy atom. The molecular weight excluding hydrogens is 452 g/mol. The molecule has 0 bridgehead atoms. The lowest BCUT2D eigenvalue weighted by Crippen LogP contribution is -1.95. The zero-order chi connectivity index (χ0) is 20.2. The Kier molecular flexibility index (Phi) is 5.73. The van der Waals surface area contributed by atoms with Crippen molar-refractivity contribution in [3.05, 3.63) is 75.3 Å². The molecular formula is C21H17BrN4O2S. The van der Waals surface area contributed by atoms with Gasteiger partial charge in [-0.15, -0.1) is 11.3 Å². The van der Waals surface area contributed by atoms with Crippen LogP contribution in [0.25, 0.3) is 10.2 Å². The SMILES string of the molecule is COc1cc(/C=N/Nc2ncnc3sc(Cc4ccccc4)cc23)cc(Br)c1O. The average molecular weight is 469 g/mol. The monoisotopic (exact) mass is 468 g/mol. The van der Waals surface area contributed by atoms with Gasteiger partial charge in [0.25, 0.3) is 0 Å². The Labute approximate surface area is 180 Å². The number of rotatable bonds is 6. The molecule has 0 saturated carbocycles. The Morgan fingerprint density at radius 2 is 2.03 bits per heavy atom. The van der Waals surface area contributed by atoms with Crippen LogP contribution in [0.4, 0.5) is 5.82 Å². The van der Waals surface area contributed by atoms with E-state index in [1.807, 2.05) is 18.2 Å². The molecule has 2 N–H and O–H groups in total. The highest BCUT2D eigenvalue weighted by Gasteiger charge is 2.10. The Bertz CT molecular complexity index is 1180. The van der Waals surface area contributed by atoms with Crippen LogP contribution in [0.5, 0.6) is 11.5 Å². The summed E-state index contributed by atoms with van der Waals surface area (Å²) in [7, 11) is 1.50. The third-order valence-electron chi connectivity index (χ3n) is 4.26. The van der Waals surface area contributed by atoms with Gasteiger partial charge in [-0.05, 0) is 45.3 Å². The smallest absolute Gasteiger partial charge is 0.172 e. The van der Waals surface area contributed by atoms with Crippen LogP contribution in [-0.4, -0.2) is 28.4 Å². The second-order valence-corrected chi connectivity index (χ2v) is 8.21. The van der Waals surface area contributed by atoms with Crippen LogP contribution in [0.15, 0.2) is 64.4 Å². The molecule has 4 aromatic rings. The van der Waals surface area contributed by atoms with Gasteiger partial charge in [0, 0.05) is 11.3 Å². The maximum Gasteiger partial charge on any atom is 0.172 e. The van der Waals surface area contributed by atoms with Gasteiger partial charge in [0.1, 0.15) is 11.2 Å². The van der Waals surface area contributed by atoms with E-state index in [-0.39, 0.29) is 5.75 Å². The lowest BCUT2D eigenvalue weighted by Gasteiger charge is -2.06. The first-order valence-electron chi connectivity index (χ1n) is 8.77. The Hall–Kier alpha value is -2.97. The number of anilines is 1. The van der Waals surface area contributed by atoms with Crippen molar-refractivity contribution in [3.63, 3.8) is 0 Å². The second kappa shape index (κ2) is 8.59. The highest BCUT2D eigenvalue weighted by atomic mass is 79.9. The molecule has 0 radical (unpaired) electrons. The average Bonchev–Trinajstić information content (AvgIpc) is 3.14. The summed E-state index contributed by atoms with van der Waals surface area (Å²) in [5.74, 6) is 1.07. The van der Waals surface area contributed by atoms with Crippen molar-refractivity contribution in [2.24, 2.45) is 5.10 Å². The molecule has 2 heterocycles. The van der Waals surface area contributed by atoms with Crippen molar-refractivity contribution in [2.75, 3.05) is 12.5 Å². The molecule has 146 valence electrons. The molecule has 0 atom stereocenters. The fourth-order valence-electron chi connectivity index (χ4n) is 2.87. The number of methoxy groups -OCH3 is 1. The number of hydrogen-bond donors (Lipinski definition) is 2. The first-order chi connectivity index (χ1) is 14.1. The molecule has 6 nitrogen and oxygen atoms in total. The fourth-order valence-corrected chi connectivity index (χ4v) is 4.36. The molecule has 2 aromatic carbocycles. The summed E-state index contributed by atoms with van der Waals surface area (Å²) in [4.78, 5) is 10.8. The number of nitrogens with one attached hydrogen (secondary N) is 1. The molecule has 2 aromatic heterocycles. The minimum Gasteiger partial charge on any atom is -0.503 e. The third kappa shape index (κ3) is 4.38. The number of ether oxygens (including phenoxy) is 1. The molecule has 0 fully saturated rings. The molecule has 0 aliphatic carbocycles. The number of thiophene rings is 1. The van der Waals surface area contributed by atoms with Crippen molar-refractivity contribution in [1.82, 2.24) is 9.97 Å². The van der Waals surface area contributed by atoms with Gasteiger partial charge >= 0.3 is 0 Å². The number of phenolic OH excluding ortho intramolecular Hbond substituents is 1. The van der Waals surface area contributed by atoms with Crippen LogP contribution in [0.3, 0.4) is 0 Å². The van der Waals surface area contributed by atoms with Crippen LogP contribution in [0.1, 0.15) is 16.0 Å². The summed E-state index contributed by atoms with van der Waals surface area (Å²) in [6.07, 6.45) is 4.02. The minimum absolute atomic E-state index is 0.0549. The zero-order valence-electron chi connectivity index (χ0n) is 15.5. The van der Waals surface area contributed by atoms with Gasteiger partial charge < -0.3 is 9.84 Å². The van der Waals surface area contributed by atoms with Crippen molar-refractivity contribution in [1.29, 1.82) is 0 Å². The number of hydrogen-bond acceptors (Lipinski definition) is 7. The number of hydrazone groups is 1.